The number of ether oxygens (including phenoxy) is 1. The summed E-state index contributed by atoms with van der Waals surface area (Å²) in [6, 6.07) is 9.46. The molecule has 1 aromatic carbocycles. The Morgan fingerprint density at radius 2 is 1.86 bits per heavy atom. The molecule has 0 aliphatic carbocycles. The SMILES string of the molecule is COCC(=O)Nc1ccc(Cl)cc1NC(C#N)=C(C#N)C#N. The van der Waals surface area contributed by atoms with Gasteiger partial charge in [-0.05, 0) is 18.2 Å². The summed E-state index contributed by atoms with van der Waals surface area (Å²) >= 11 is 5.88. The minimum absolute atomic E-state index is 0.148. The second kappa shape index (κ2) is 8.28. The topological polar surface area (TPSA) is 122 Å². The van der Waals surface area contributed by atoms with Crippen LogP contribution in [0.5, 0.6) is 0 Å². The average Bonchev–Trinajstić information content (AvgIpc) is 2.50. The molecule has 1 aromatic rings. The molecule has 0 heterocycles. The summed E-state index contributed by atoms with van der Waals surface area (Å²) in [5.41, 5.74) is -0.0166. The van der Waals surface area contributed by atoms with Crippen LogP contribution in [-0.2, 0) is 9.53 Å². The number of halogens is 1. The molecular weight excluding hydrogens is 306 g/mol. The van der Waals surface area contributed by atoms with Gasteiger partial charge < -0.3 is 15.4 Å². The lowest BCUT2D eigenvalue weighted by Crippen LogP contribution is -2.18. The summed E-state index contributed by atoms with van der Waals surface area (Å²) in [5, 5.41) is 32.2. The van der Waals surface area contributed by atoms with Gasteiger partial charge in [-0.25, -0.2) is 0 Å². The van der Waals surface area contributed by atoms with Crippen molar-refractivity contribution in [2.75, 3.05) is 24.4 Å². The summed E-state index contributed by atoms with van der Waals surface area (Å²) in [7, 11) is 1.38. The highest BCUT2D eigenvalue weighted by Gasteiger charge is 2.11. The number of anilines is 2. The van der Waals surface area contributed by atoms with E-state index < -0.39 is 5.91 Å². The van der Waals surface area contributed by atoms with E-state index in [0.29, 0.717) is 10.7 Å². The van der Waals surface area contributed by atoms with Crippen molar-refractivity contribution in [3.63, 3.8) is 0 Å². The normalized spacial score (nSPS) is 8.86. The van der Waals surface area contributed by atoms with E-state index in [1.165, 1.54) is 19.2 Å². The maximum Gasteiger partial charge on any atom is 0.250 e. The van der Waals surface area contributed by atoms with E-state index in [2.05, 4.69) is 10.6 Å². The molecule has 22 heavy (non-hydrogen) atoms. The van der Waals surface area contributed by atoms with Crippen LogP contribution in [0, 0.1) is 34.0 Å². The van der Waals surface area contributed by atoms with Crippen LogP contribution in [0.2, 0.25) is 5.02 Å². The Bertz CT molecular complexity index is 721. The van der Waals surface area contributed by atoms with E-state index in [1.807, 2.05) is 0 Å². The number of rotatable bonds is 5. The zero-order valence-corrected chi connectivity index (χ0v) is 12.2. The third-order valence-corrected chi connectivity index (χ3v) is 2.61. The van der Waals surface area contributed by atoms with Crippen molar-refractivity contribution in [2.24, 2.45) is 0 Å². The highest BCUT2D eigenvalue weighted by molar-refractivity contribution is 6.31. The molecule has 2 N–H and O–H groups in total. The summed E-state index contributed by atoms with van der Waals surface area (Å²) in [6.45, 7) is -0.148. The number of hydrogen-bond donors (Lipinski definition) is 2. The molecule has 0 bridgehead atoms. The fourth-order valence-corrected chi connectivity index (χ4v) is 1.64. The second-order valence-corrected chi connectivity index (χ2v) is 4.32. The highest BCUT2D eigenvalue weighted by atomic mass is 35.5. The molecule has 0 saturated heterocycles. The summed E-state index contributed by atoms with van der Waals surface area (Å²) in [4.78, 5) is 11.6. The minimum Gasteiger partial charge on any atom is -0.375 e. The molecular formula is C14H10ClN5O2. The van der Waals surface area contributed by atoms with Crippen molar-refractivity contribution in [1.29, 1.82) is 15.8 Å². The number of carbonyl (C=O) groups is 1. The van der Waals surface area contributed by atoms with Crippen molar-refractivity contribution in [2.45, 2.75) is 0 Å². The fraction of sp³-hybridized carbons (Fsp3) is 0.143. The Balaban J connectivity index is 3.19. The van der Waals surface area contributed by atoms with Crippen LogP contribution in [0.25, 0.3) is 0 Å². The largest absolute Gasteiger partial charge is 0.375 e. The van der Waals surface area contributed by atoms with Gasteiger partial charge >= 0.3 is 0 Å². The molecule has 0 radical (unpaired) electrons. The fourth-order valence-electron chi connectivity index (χ4n) is 1.46. The first kappa shape index (κ1) is 17.0. The van der Waals surface area contributed by atoms with Gasteiger partial charge in [0.15, 0.2) is 5.57 Å². The third-order valence-electron chi connectivity index (χ3n) is 2.38. The molecule has 0 aromatic heterocycles. The van der Waals surface area contributed by atoms with Crippen LogP contribution >= 0.6 is 11.6 Å². The zero-order valence-electron chi connectivity index (χ0n) is 11.5. The third kappa shape index (κ3) is 4.50. The molecule has 1 amide bonds. The summed E-state index contributed by atoms with van der Waals surface area (Å²) < 4.78 is 4.71. The predicted octanol–water partition coefficient (Wildman–Crippen LogP) is 2.16. The lowest BCUT2D eigenvalue weighted by atomic mass is 10.2. The molecule has 0 aliphatic rings. The van der Waals surface area contributed by atoms with Gasteiger partial charge in [-0.1, -0.05) is 11.6 Å². The average molecular weight is 316 g/mol. The molecule has 0 fully saturated rings. The van der Waals surface area contributed by atoms with E-state index >= 15 is 0 Å². The van der Waals surface area contributed by atoms with Crippen molar-refractivity contribution in [1.82, 2.24) is 0 Å². The van der Waals surface area contributed by atoms with Crippen LogP contribution in [0.4, 0.5) is 11.4 Å². The molecule has 7 nitrogen and oxygen atoms in total. The number of nitriles is 3. The van der Waals surface area contributed by atoms with Crippen LogP contribution in [0.1, 0.15) is 0 Å². The Morgan fingerprint density at radius 1 is 1.18 bits per heavy atom. The molecule has 0 saturated carbocycles. The number of nitrogens with one attached hydrogen (secondary N) is 2. The van der Waals surface area contributed by atoms with Crippen LogP contribution in [0.3, 0.4) is 0 Å². The number of carbonyl (C=O) groups excluding carboxylic acids is 1. The first-order chi connectivity index (χ1) is 10.5. The van der Waals surface area contributed by atoms with Gasteiger partial charge in [0.25, 0.3) is 0 Å². The Hall–Kier alpha value is -3.05. The van der Waals surface area contributed by atoms with Crippen molar-refractivity contribution in [3.05, 3.63) is 34.5 Å². The lowest BCUT2D eigenvalue weighted by Gasteiger charge is -2.12. The summed E-state index contributed by atoms with van der Waals surface area (Å²) in [6.07, 6.45) is 0. The first-order valence-corrected chi connectivity index (χ1v) is 6.23. The number of hydrogen-bond acceptors (Lipinski definition) is 6. The number of benzene rings is 1. The Morgan fingerprint density at radius 3 is 2.41 bits per heavy atom. The standard InChI is InChI=1S/C14H10ClN5O2/c1-22-8-14(21)20-11-3-2-10(15)4-12(11)19-13(7-18)9(5-16)6-17/h2-4,19H,8H2,1H3,(H,20,21). The molecule has 0 atom stereocenters. The lowest BCUT2D eigenvalue weighted by molar-refractivity contribution is -0.119. The van der Waals surface area contributed by atoms with E-state index in [-0.39, 0.29) is 23.6 Å². The van der Waals surface area contributed by atoms with Crippen LogP contribution < -0.4 is 10.6 Å². The van der Waals surface area contributed by atoms with Crippen LogP contribution in [-0.4, -0.2) is 19.6 Å². The second-order valence-electron chi connectivity index (χ2n) is 3.88. The molecule has 110 valence electrons. The maximum atomic E-state index is 11.6. The minimum atomic E-state index is -0.406. The van der Waals surface area contributed by atoms with Gasteiger partial charge in [-0.2, -0.15) is 15.8 Å². The quantitative estimate of drug-likeness (QED) is 0.803. The van der Waals surface area contributed by atoms with Gasteiger partial charge in [0.05, 0.1) is 11.4 Å². The van der Waals surface area contributed by atoms with Gasteiger partial charge in [-0.3, -0.25) is 4.79 Å². The van der Waals surface area contributed by atoms with Crippen molar-refractivity contribution in [3.8, 4) is 18.2 Å². The van der Waals surface area contributed by atoms with Crippen molar-refractivity contribution >= 4 is 28.9 Å². The molecule has 8 heteroatoms. The van der Waals surface area contributed by atoms with E-state index in [0.717, 1.165) is 0 Å². The first-order valence-electron chi connectivity index (χ1n) is 5.85. The smallest absolute Gasteiger partial charge is 0.250 e. The van der Waals surface area contributed by atoms with Crippen molar-refractivity contribution < 1.29 is 9.53 Å². The Kier molecular flexibility index (Phi) is 6.40. The Labute approximate surface area is 132 Å². The predicted molar refractivity (Wildman–Crippen MR) is 79.4 cm³/mol. The van der Waals surface area contributed by atoms with Gasteiger partial charge in [-0.15, -0.1) is 0 Å². The van der Waals surface area contributed by atoms with E-state index in [1.54, 1.807) is 24.3 Å². The van der Waals surface area contributed by atoms with E-state index in [4.69, 9.17) is 32.1 Å². The molecule has 0 unspecified atom stereocenters. The number of allylic oxidation sites excluding steroid dienone is 2. The van der Waals surface area contributed by atoms with Crippen LogP contribution in [0.15, 0.2) is 29.5 Å². The van der Waals surface area contributed by atoms with Gasteiger partial charge in [0.1, 0.15) is 30.5 Å². The molecule has 0 spiro atoms. The number of amides is 1. The molecule has 0 aliphatic heterocycles. The van der Waals surface area contributed by atoms with Gasteiger partial charge in [0.2, 0.25) is 5.91 Å². The monoisotopic (exact) mass is 315 g/mol. The zero-order chi connectivity index (χ0) is 16.5. The van der Waals surface area contributed by atoms with Gasteiger partial charge in [0, 0.05) is 12.1 Å². The number of methoxy groups -OCH3 is 1. The maximum absolute atomic E-state index is 11.6. The molecule has 1 rings (SSSR count). The number of nitrogens with zero attached hydrogens (tertiary/aromatic N) is 3. The van der Waals surface area contributed by atoms with E-state index in [9.17, 15) is 4.79 Å². The highest BCUT2D eigenvalue weighted by Crippen LogP contribution is 2.27. The summed E-state index contributed by atoms with van der Waals surface area (Å²) in [5.74, 6) is -0.406.